The van der Waals surface area contributed by atoms with Gasteiger partial charge in [-0.2, -0.15) is 0 Å². The largest absolute Gasteiger partial charge is 0.385 e. The summed E-state index contributed by atoms with van der Waals surface area (Å²) in [5.41, 5.74) is 0.720. The van der Waals surface area contributed by atoms with Gasteiger partial charge in [-0.3, -0.25) is 0 Å². The molecule has 1 rings (SSSR count). The Bertz CT molecular complexity index is 346. The summed E-state index contributed by atoms with van der Waals surface area (Å²) < 4.78 is 19.5. The first-order valence-electron chi connectivity index (χ1n) is 5.87. The van der Waals surface area contributed by atoms with E-state index < -0.39 is 0 Å². The van der Waals surface area contributed by atoms with Crippen LogP contribution < -0.4 is 5.32 Å². The van der Waals surface area contributed by atoms with Crippen LogP contribution in [0.3, 0.4) is 0 Å². The van der Waals surface area contributed by atoms with Gasteiger partial charge >= 0.3 is 0 Å². The normalized spacial score (nSPS) is 12.7. The zero-order chi connectivity index (χ0) is 12.7. The zero-order valence-electron chi connectivity index (χ0n) is 10.3. The molecule has 0 aliphatic carbocycles. The molecule has 0 heterocycles. The highest BCUT2D eigenvalue weighted by Crippen LogP contribution is 2.26. The first-order valence-corrected chi connectivity index (χ1v) is 6.66. The number of ether oxygens (including phenoxy) is 1. The van der Waals surface area contributed by atoms with E-state index >= 15 is 0 Å². The van der Waals surface area contributed by atoms with Crippen molar-refractivity contribution >= 4 is 15.9 Å². The van der Waals surface area contributed by atoms with Gasteiger partial charge in [0, 0.05) is 25.3 Å². The van der Waals surface area contributed by atoms with Gasteiger partial charge in [-0.25, -0.2) is 4.39 Å². The predicted octanol–water partition coefficient (Wildman–Crippen LogP) is 3.67. The Labute approximate surface area is 111 Å². The van der Waals surface area contributed by atoms with Gasteiger partial charge in [-0.05, 0) is 41.4 Å². The van der Waals surface area contributed by atoms with Gasteiger partial charge in [0.2, 0.25) is 0 Å². The van der Waals surface area contributed by atoms with Crippen LogP contribution in [-0.4, -0.2) is 20.3 Å². The third-order valence-corrected chi connectivity index (χ3v) is 3.26. The molecule has 17 heavy (non-hydrogen) atoms. The molecule has 1 atom stereocenters. The molecule has 1 N–H and O–H groups in total. The van der Waals surface area contributed by atoms with E-state index in [2.05, 4.69) is 21.2 Å². The first-order chi connectivity index (χ1) is 8.20. The first kappa shape index (κ1) is 14.6. The molecule has 0 amide bonds. The zero-order valence-corrected chi connectivity index (χ0v) is 11.9. The van der Waals surface area contributed by atoms with Crippen LogP contribution in [-0.2, 0) is 4.74 Å². The summed E-state index contributed by atoms with van der Waals surface area (Å²) in [6.45, 7) is 3.56. The third kappa shape index (κ3) is 4.37. The number of hydrogen-bond donors (Lipinski definition) is 1. The van der Waals surface area contributed by atoms with Crippen molar-refractivity contribution in [3.8, 4) is 0 Å². The Morgan fingerprint density at radius 3 is 2.88 bits per heavy atom. The van der Waals surface area contributed by atoms with Gasteiger partial charge in [0.25, 0.3) is 0 Å². The number of nitrogens with one attached hydrogen (secondary N) is 1. The molecular formula is C13H19BrFNO. The monoisotopic (exact) mass is 303 g/mol. The maximum absolute atomic E-state index is 14.0. The Morgan fingerprint density at radius 1 is 1.47 bits per heavy atom. The van der Waals surface area contributed by atoms with E-state index in [1.807, 2.05) is 19.1 Å². The number of halogens is 2. The second-order valence-electron chi connectivity index (χ2n) is 3.89. The summed E-state index contributed by atoms with van der Waals surface area (Å²) in [5.74, 6) is -0.170. The molecule has 0 aliphatic rings. The van der Waals surface area contributed by atoms with Crippen LogP contribution in [0.25, 0.3) is 0 Å². The van der Waals surface area contributed by atoms with Crippen LogP contribution in [0.1, 0.15) is 31.4 Å². The minimum Gasteiger partial charge on any atom is -0.385 e. The molecule has 1 unspecified atom stereocenters. The van der Waals surface area contributed by atoms with E-state index in [4.69, 9.17) is 4.74 Å². The minimum absolute atomic E-state index is 0.0487. The molecule has 0 saturated heterocycles. The van der Waals surface area contributed by atoms with E-state index in [0.717, 1.165) is 24.9 Å². The molecule has 0 radical (unpaired) electrons. The Morgan fingerprint density at radius 2 is 2.24 bits per heavy atom. The quantitative estimate of drug-likeness (QED) is 0.776. The second kappa shape index (κ2) is 7.80. The standard InChI is InChI=1S/C13H19BrFNO/c1-3-16-12(8-5-9-17-2)10-6-4-7-11(14)13(10)15/h4,6-7,12,16H,3,5,8-9H2,1-2H3. The maximum atomic E-state index is 14.0. The van der Waals surface area contributed by atoms with Crippen LogP contribution in [0.4, 0.5) is 4.39 Å². The average Bonchev–Trinajstić information content (AvgIpc) is 2.32. The smallest absolute Gasteiger partial charge is 0.142 e. The van der Waals surface area contributed by atoms with Crippen LogP contribution in [0.5, 0.6) is 0 Å². The molecule has 4 heteroatoms. The van der Waals surface area contributed by atoms with Crippen LogP contribution >= 0.6 is 15.9 Å². The topological polar surface area (TPSA) is 21.3 Å². The van der Waals surface area contributed by atoms with Crippen molar-refractivity contribution in [3.05, 3.63) is 34.1 Å². The SMILES string of the molecule is CCNC(CCCOC)c1cccc(Br)c1F. The summed E-state index contributed by atoms with van der Waals surface area (Å²) in [6, 6.07) is 5.47. The lowest BCUT2D eigenvalue weighted by molar-refractivity contribution is 0.188. The summed E-state index contributed by atoms with van der Waals surface area (Å²) in [6.07, 6.45) is 1.79. The molecule has 0 spiro atoms. The van der Waals surface area contributed by atoms with Gasteiger partial charge in [0.1, 0.15) is 5.82 Å². The number of hydrogen-bond acceptors (Lipinski definition) is 2. The third-order valence-electron chi connectivity index (χ3n) is 2.65. The van der Waals surface area contributed by atoms with Gasteiger partial charge in [-0.15, -0.1) is 0 Å². The molecule has 2 nitrogen and oxygen atoms in total. The fourth-order valence-electron chi connectivity index (χ4n) is 1.84. The van der Waals surface area contributed by atoms with Gasteiger partial charge < -0.3 is 10.1 Å². The molecule has 0 fully saturated rings. The molecule has 0 aromatic heterocycles. The molecule has 0 saturated carbocycles. The molecule has 0 aliphatic heterocycles. The van der Waals surface area contributed by atoms with E-state index in [1.165, 1.54) is 0 Å². The number of rotatable bonds is 7. The fourth-order valence-corrected chi connectivity index (χ4v) is 2.22. The van der Waals surface area contributed by atoms with Gasteiger partial charge in [0.15, 0.2) is 0 Å². The van der Waals surface area contributed by atoms with E-state index in [9.17, 15) is 4.39 Å². The highest BCUT2D eigenvalue weighted by atomic mass is 79.9. The summed E-state index contributed by atoms with van der Waals surface area (Å²) in [7, 11) is 1.68. The van der Waals surface area contributed by atoms with Crippen LogP contribution in [0.15, 0.2) is 22.7 Å². The lowest BCUT2D eigenvalue weighted by atomic mass is 10.0. The molecule has 96 valence electrons. The van der Waals surface area contributed by atoms with Crippen LogP contribution in [0.2, 0.25) is 0 Å². The number of benzene rings is 1. The number of methoxy groups -OCH3 is 1. The Kier molecular flexibility index (Phi) is 6.70. The summed E-state index contributed by atoms with van der Waals surface area (Å²) in [5, 5.41) is 3.31. The lowest BCUT2D eigenvalue weighted by Crippen LogP contribution is -2.22. The second-order valence-corrected chi connectivity index (χ2v) is 4.74. The maximum Gasteiger partial charge on any atom is 0.142 e. The van der Waals surface area contributed by atoms with Crippen molar-refractivity contribution in [3.63, 3.8) is 0 Å². The minimum atomic E-state index is -0.170. The molecule has 0 bridgehead atoms. The van der Waals surface area contributed by atoms with Crippen molar-refractivity contribution in [1.29, 1.82) is 0 Å². The van der Waals surface area contributed by atoms with Crippen molar-refractivity contribution in [1.82, 2.24) is 5.32 Å². The lowest BCUT2D eigenvalue weighted by Gasteiger charge is -2.19. The Hall–Kier alpha value is -0.450. The Balaban J connectivity index is 2.77. The molecule has 1 aromatic rings. The van der Waals surface area contributed by atoms with Gasteiger partial charge in [0.05, 0.1) is 4.47 Å². The van der Waals surface area contributed by atoms with Crippen molar-refractivity contribution in [2.24, 2.45) is 0 Å². The van der Waals surface area contributed by atoms with Crippen molar-refractivity contribution < 1.29 is 9.13 Å². The summed E-state index contributed by atoms with van der Waals surface area (Å²) in [4.78, 5) is 0. The van der Waals surface area contributed by atoms with Crippen molar-refractivity contribution in [2.75, 3.05) is 20.3 Å². The molecule has 1 aromatic carbocycles. The highest BCUT2D eigenvalue weighted by Gasteiger charge is 2.15. The highest BCUT2D eigenvalue weighted by molar-refractivity contribution is 9.10. The van der Waals surface area contributed by atoms with E-state index in [-0.39, 0.29) is 11.9 Å². The summed E-state index contributed by atoms with van der Waals surface area (Å²) >= 11 is 3.22. The molecular weight excluding hydrogens is 285 g/mol. The van der Waals surface area contributed by atoms with Crippen molar-refractivity contribution in [2.45, 2.75) is 25.8 Å². The van der Waals surface area contributed by atoms with E-state index in [0.29, 0.717) is 11.1 Å². The van der Waals surface area contributed by atoms with Gasteiger partial charge in [-0.1, -0.05) is 19.1 Å². The fraction of sp³-hybridized carbons (Fsp3) is 0.538. The van der Waals surface area contributed by atoms with E-state index in [1.54, 1.807) is 13.2 Å². The average molecular weight is 304 g/mol. The predicted molar refractivity (Wildman–Crippen MR) is 71.6 cm³/mol. The van der Waals surface area contributed by atoms with Crippen LogP contribution in [0, 0.1) is 5.82 Å².